The molecule has 0 atom stereocenters. The molecule has 15 heavy (non-hydrogen) atoms. The monoisotopic (exact) mass is 427 g/mol. The van der Waals surface area contributed by atoms with Crippen molar-refractivity contribution in [1.82, 2.24) is 0 Å². The average Bonchev–Trinajstić information content (AvgIpc) is 3.01. The quantitative estimate of drug-likeness (QED) is 0.668. The average molecular weight is 428 g/mol. The molecular formula is C10H14Cl2N2Pt. The number of hydrogen-bond acceptors (Lipinski definition) is 2. The van der Waals surface area contributed by atoms with Crippen molar-refractivity contribution in [2.24, 2.45) is 11.8 Å². The van der Waals surface area contributed by atoms with Gasteiger partial charge in [0.25, 0.3) is 0 Å². The van der Waals surface area contributed by atoms with E-state index >= 15 is 0 Å². The van der Waals surface area contributed by atoms with E-state index in [4.69, 9.17) is 29.4 Å². The van der Waals surface area contributed by atoms with Crippen LogP contribution in [0.3, 0.4) is 0 Å². The molecule has 5 heteroatoms. The maximum atomic E-state index is 8.03. The Balaban J connectivity index is 0.000000210. The van der Waals surface area contributed by atoms with Gasteiger partial charge < -0.3 is 0 Å². The van der Waals surface area contributed by atoms with Crippen molar-refractivity contribution in [3.05, 3.63) is 0 Å². The van der Waals surface area contributed by atoms with Gasteiger partial charge in [0.15, 0.2) is 0 Å². The summed E-state index contributed by atoms with van der Waals surface area (Å²) in [7, 11) is 9.75. The molecule has 0 aromatic carbocycles. The number of rotatable bonds is 2. The molecule has 0 N–H and O–H groups in total. The fourth-order valence-corrected chi connectivity index (χ4v) is 0.902. The van der Waals surface area contributed by atoms with E-state index in [1.807, 2.05) is 0 Å². The SMILES string of the molecule is N#CCC1CC1.N#CCC1CC1.[Cl][Pt][Cl]. The predicted molar refractivity (Wildman–Crippen MR) is 57.6 cm³/mol. The van der Waals surface area contributed by atoms with Gasteiger partial charge in [0.2, 0.25) is 0 Å². The zero-order valence-electron chi connectivity index (χ0n) is 8.36. The molecule has 0 unspecified atom stereocenters. The third-order valence-corrected chi connectivity index (χ3v) is 2.15. The Morgan fingerprint density at radius 3 is 1.27 bits per heavy atom. The number of nitriles is 2. The van der Waals surface area contributed by atoms with Crippen LogP contribution in [0, 0.1) is 34.5 Å². The van der Waals surface area contributed by atoms with Gasteiger partial charge in [0.1, 0.15) is 0 Å². The first-order valence-electron chi connectivity index (χ1n) is 4.84. The van der Waals surface area contributed by atoms with Crippen LogP contribution in [0.2, 0.25) is 0 Å². The van der Waals surface area contributed by atoms with Gasteiger partial charge in [0, 0.05) is 12.8 Å². The molecule has 2 rings (SSSR count). The maximum absolute atomic E-state index is 8.03. The molecule has 2 nitrogen and oxygen atoms in total. The second kappa shape index (κ2) is 10.8. The summed E-state index contributed by atoms with van der Waals surface area (Å²) in [6.45, 7) is 0. The van der Waals surface area contributed by atoms with E-state index in [2.05, 4.69) is 12.1 Å². The topological polar surface area (TPSA) is 47.6 Å². The summed E-state index contributed by atoms with van der Waals surface area (Å²) >= 11 is -0.472. The van der Waals surface area contributed by atoms with Crippen molar-refractivity contribution >= 4 is 18.8 Å². The van der Waals surface area contributed by atoms with Gasteiger partial charge in [-0.2, -0.15) is 10.5 Å². The van der Waals surface area contributed by atoms with Gasteiger partial charge in [-0.1, -0.05) is 0 Å². The summed E-state index contributed by atoms with van der Waals surface area (Å²) in [6, 6.07) is 4.26. The van der Waals surface area contributed by atoms with Crippen molar-refractivity contribution in [2.45, 2.75) is 38.5 Å². The molecule has 0 spiro atoms. The van der Waals surface area contributed by atoms with Crippen molar-refractivity contribution in [1.29, 1.82) is 10.5 Å². The van der Waals surface area contributed by atoms with Crippen LogP contribution in [0.4, 0.5) is 0 Å². The molecule has 0 aliphatic heterocycles. The summed E-state index contributed by atoms with van der Waals surface area (Å²) in [4.78, 5) is 0. The van der Waals surface area contributed by atoms with Crippen LogP contribution in [0.1, 0.15) is 38.5 Å². The van der Waals surface area contributed by atoms with E-state index in [1.54, 1.807) is 0 Å². The number of hydrogen-bond donors (Lipinski definition) is 0. The molecule has 2 saturated carbocycles. The Kier molecular flexibility index (Phi) is 10.9. The zero-order chi connectivity index (χ0) is 11.5. The molecule has 0 amide bonds. The normalized spacial score (nSPS) is 17.3. The summed E-state index contributed by atoms with van der Waals surface area (Å²) in [6.07, 6.45) is 6.78. The molecule has 0 aromatic heterocycles. The Morgan fingerprint density at radius 1 is 0.933 bits per heavy atom. The molecular weight excluding hydrogens is 414 g/mol. The summed E-state index contributed by atoms with van der Waals surface area (Å²) < 4.78 is 0. The van der Waals surface area contributed by atoms with Crippen LogP contribution < -0.4 is 0 Å². The van der Waals surface area contributed by atoms with E-state index in [0.29, 0.717) is 0 Å². The third kappa shape index (κ3) is 14.2. The molecule has 0 saturated heterocycles. The first-order valence-corrected chi connectivity index (χ1v) is 10.5. The van der Waals surface area contributed by atoms with E-state index < -0.39 is 16.5 Å². The molecule has 0 heterocycles. The third-order valence-electron chi connectivity index (χ3n) is 2.15. The summed E-state index contributed by atoms with van der Waals surface area (Å²) in [5, 5.41) is 16.1. The van der Waals surface area contributed by atoms with Gasteiger partial charge in [-0.05, 0) is 37.5 Å². The molecule has 2 fully saturated rings. The summed E-state index contributed by atoms with van der Waals surface area (Å²) in [5.74, 6) is 1.57. The zero-order valence-corrected chi connectivity index (χ0v) is 12.1. The Morgan fingerprint density at radius 2 is 1.20 bits per heavy atom. The van der Waals surface area contributed by atoms with E-state index in [1.165, 1.54) is 25.7 Å². The van der Waals surface area contributed by atoms with E-state index in [9.17, 15) is 0 Å². The van der Waals surface area contributed by atoms with Crippen LogP contribution in [-0.2, 0) is 16.5 Å². The molecule has 88 valence electrons. The molecule has 0 aromatic rings. The van der Waals surface area contributed by atoms with Gasteiger partial charge >= 0.3 is 35.3 Å². The van der Waals surface area contributed by atoms with E-state index in [-0.39, 0.29) is 0 Å². The molecule has 0 radical (unpaired) electrons. The second-order valence-corrected chi connectivity index (χ2v) is 6.94. The first kappa shape index (κ1) is 15.2. The fourth-order valence-electron chi connectivity index (χ4n) is 0.902. The Labute approximate surface area is 108 Å². The molecule has 2 aliphatic rings. The van der Waals surface area contributed by atoms with Crippen molar-refractivity contribution in [3.63, 3.8) is 0 Å². The van der Waals surface area contributed by atoms with Crippen molar-refractivity contribution in [3.8, 4) is 12.1 Å². The van der Waals surface area contributed by atoms with Crippen LogP contribution in [0.5, 0.6) is 0 Å². The van der Waals surface area contributed by atoms with Crippen LogP contribution in [0.15, 0.2) is 0 Å². The Bertz CT molecular complexity index is 203. The van der Waals surface area contributed by atoms with Crippen molar-refractivity contribution in [2.75, 3.05) is 0 Å². The van der Waals surface area contributed by atoms with Gasteiger partial charge in [-0.15, -0.1) is 0 Å². The van der Waals surface area contributed by atoms with E-state index in [0.717, 1.165) is 24.7 Å². The number of halogens is 2. The minimum absolute atomic E-state index is 0.472. The molecule has 0 bridgehead atoms. The van der Waals surface area contributed by atoms with Crippen LogP contribution in [-0.4, -0.2) is 0 Å². The van der Waals surface area contributed by atoms with Gasteiger partial charge in [-0.3, -0.25) is 0 Å². The fraction of sp³-hybridized carbons (Fsp3) is 0.800. The summed E-state index contributed by atoms with van der Waals surface area (Å²) in [5.41, 5.74) is 0. The van der Waals surface area contributed by atoms with Gasteiger partial charge in [0.05, 0.1) is 12.1 Å². The minimum atomic E-state index is -0.472. The standard InChI is InChI=1S/2C5H7N.2ClH.Pt/c2*6-4-3-5-1-2-5;;;/h2*5H,1-3H2;2*1H;/q;;;;+2/p-2. The number of nitrogens with zero attached hydrogens (tertiary/aromatic N) is 2. The van der Waals surface area contributed by atoms with Crippen molar-refractivity contribution < 1.29 is 16.5 Å². The van der Waals surface area contributed by atoms with Gasteiger partial charge in [-0.25, -0.2) is 0 Å². The van der Waals surface area contributed by atoms with Crippen LogP contribution in [0.25, 0.3) is 0 Å². The Hall–Kier alpha value is 0.248. The molecule has 2 aliphatic carbocycles. The van der Waals surface area contributed by atoms with Crippen LogP contribution >= 0.6 is 18.8 Å². The second-order valence-electron chi connectivity index (χ2n) is 3.66. The predicted octanol–water partition coefficient (Wildman–Crippen LogP) is 4.00. The first-order chi connectivity index (χ1) is 7.28.